The molecule has 5 heteroatoms. The van der Waals surface area contributed by atoms with Gasteiger partial charge in [0.15, 0.2) is 0 Å². The molecule has 1 aliphatic heterocycles. The number of allylic oxidation sites excluding steroid dienone is 2. The van der Waals surface area contributed by atoms with Crippen LogP contribution in [0.3, 0.4) is 0 Å². The molecule has 0 spiro atoms. The second kappa shape index (κ2) is 8.63. The van der Waals surface area contributed by atoms with Gasteiger partial charge in [0.1, 0.15) is 6.04 Å². The minimum absolute atomic E-state index is 0.165. The van der Waals surface area contributed by atoms with E-state index in [1.807, 2.05) is 26.0 Å². The lowest BCUT2D eigenvalue weighted by atomic mass is 9.85. The van der Waals surface area contributed by atoms with E-state index < -0.39 is 6.04 Å². The Bertz CT molecular complexity index is 513. The molecule has 0 aromatic heterocycles. The molecule has 5 nitrogen and oxygen atoms in total. The fraction of sp³-hybridized carbons (Fsp3) is 0.750. The zero-order chi connectivity index (χ0) is 18.6. The number of carbonyl (C=O) groups is 3. The van der Waals surface area contributed by atoms with Gasteiger partial charge in [-0.15, -0.1) is 0 Å². The summed E-state index contributed by atoms with van der Waals surface area (Å²) in [5.41, 5.74) is 0. The Hall–Kier alpha value is -1.65. The van der Waals surface area contributed by atoms with E-state index in [0.29, 0.717) is 31.7 Å². The molecule has 0 saturated carbocycles. The molecule has 0 unspecified atom stereocenters. The second-order valence-electron chi connectivity index (χ2n) is 8.17. The molecule has 1 saturated heterocycles. The summed E-state index contributed by atoms with van der Waals surface area (Å²) in [5, 5.41) is 2.94. The van der Waals surface area contributed by atoms with Gasteiger partial charge in [0.05, 0.1) is 11.8 Å². The lowest BCUT2D eigenvalue weighted by molar-refractivity contribution is -0.148. The van der Waals surface area contributed by atoms with Crippen LogP contribution in [0, 0.1) is 23.7 Å². The average molecular weight is 348 g/mol. The molecular weight excluding hydrogens is 316 g/mol. The van der Waals surface area contributed by atoms with Crippen LogP contribution < -0.4 is 5.32 Å². The largest absolute Gasteiger partial charge is 0.354 e. The predicted molar refractivity (Wildman–Crippen MR) is 97.5 cm³/mol. The molecule has 1 heterocycles. The molecular formula is C20H32N2O3. The molecule has 1 aliphatic carbocycles. The van der Waals surface area contributed by atoms with Crippen molar-refractivity contribution in [3.63, 3.8) is 0 Å². The molecule has 0 radical (unpaired) electrons. The van der Waals surface area contributed by atoms with Crippen LogP contribution in [0.5, 0.6) is 0 Å². The fourth-order valence-corrected chi connectivity index (χ4v) is 3.75. The number of nitrogens with zero attached hydrogens (tertiary/aromatic N) is 1. The number of hydrogen-bond donors (Lipinski definition) is 1. The van der Waals surface area contributed by atoms with Crippen molar-refractivity contribution in [3.8, 4) is 0 Å². The van der Waals surface area contributed by atoms with Crippen molar-refractivity contribution in [2.75, 3.05) is 6.54 Å². The summed E-state index contributed by atoms with van der Waals surface area (Å²) < 4.78 is 0. The maximum absolute atomic E-state index is 12.8. The number of rotatable bonds is 8. The molecule has 0 aromatic rings. The van der Waals surface area contributed by atoms with Crippen molar-refractivity contribution in [1.29, 1.82) is 0 Å². The molecule has 3 atom stereocenters. The van der Waals surface area contributed by atoms with Crippen LogP contribution in [-0.4, -0.2) is 35.2 Å². The van der Waals surface area contributed by atoms with Crippen LogP contribution in [0.2, 0.25) is 0 Å². The lowest BCUT2D eigenvalue weighted by Gasteiger charge is -2.27. The van der Waals surface area contributed by atoms with Crippen LogP contribution in [0.25, 0.3) is 0 Å². The number of imide groups is 1. The number of hydrogen-bond acceptors (Lipinski definition) is 3. The number of amides is 3. The molecule has 2 aliphatic rings. The van der Waals surface area contributed by atoms with E-state index in [-0.39, 0.29) is 35.5 Å². The molecule has 3 amide bonds. The average Bonchev–Trinajstić information content (AvgIpc) is 2.81. The third-order valence-electron chi connectivity index (χ3n) is 5.11. The number of likely N-dealkylation sites (tertiary alicyclic amines) is 1. The number of fused-ring (bicyclic) bond motifs is 1. The van der Waals surface area contributed by atoms with Crippen molar-refractivity contribution in [3.05, 3.63) is 12.2 Å². The van der Waals surface area contributed by atoms with Gasteiger partial charge in [-0.3, -0.25) is 19.3 Å². The van der Waals surface area contributed by atoms with Gasteiger partial charge in [-0.25, -0.2) is 0 Å². The van der Waals surface area contributed by atoms with Gasteiger partial charge in [-0.2, -0.15) is 0 Å². The van der Waals surface area contributed by atoms with Crippen LogP contribution in [0.1, 0.15) is 59.8 Å². The molecule has 140 valence electrons. The first-order valence-corrected chi connectivity index (χ1v) is 9.62. The van der Waals surface area contributed by atoms with E-state index in [9.17, 15) is 14.4 Å². The summed E-state index contributed by atoms with van der Waals surface area (Å²) in [6, 6.07) is -0.676. The third-order valence-corrected chi connectivity index (χ3v) is 5.11. The Kier molecular flexibility index (Phi) is 6.79. The van der Waals surface area contributed by atoms with Gasteiger partial charge in [-0.1, -0.05) is 39.8 Å². The van der Waals surface area contributed by atoms with E-state index in [2.05, 4.69) is 19.2 Å². The highest BCUT2D eigenvalue weighted by Gasteiger charge is 2.51. The van der Waals surface area contributed by atoms with Crippen molar-refractivity contribution >= 4 is 17.7 Å². The highest BCUT2D eigenvalue weighted by molar-refractivity contribution is 6.08. The van der Waals surface area contributed by atoms with E-state index in [0.717, 1.165) is 12.8 Å². The molecule has 1 N–H and O–H groups in total. The summed E-state index contributed by atoms with van der Waals surface area (Å²) in [6.45, 7) is 8.93. The van der Waals surface area contributed by atoms with Gasteiger partial charge in [-0.05, 0) is 43.9 Å². The van der Waals surface area contributed by atoms with Crippen LogP contribution in [0.15, 0.2) is 12.2 Å². The Balaban J connectivity index is 2.07. The highest BCUT2D eigenvalue weighted by atomic mass is 16.2. The summed E-state index contributed by atoms with van der Waals surface area (Å²) in [4.78, 5) is 39.6. The Morgan fingerprint density at radius 1 is 1.08 bits per heavy atom. The smallest absolute Gasteiger partial charge is 0.243 e. The molecule has 1 fully saturated rings. The minimum atomic E-state index is -0.676. The lowest BCUT2D eigenvalue weighted by Crippen LogP contribution is -2.50. The van der Waals surface area contributed by atoms with Crippen LogP contribution in [0.4, 0.5) is 0 Å². The minimum Gasteiger partial charge on any atom is -0.354 e. The van der Waals surface area contributed by atoms with Crippen molar-refractivity contribution in [2.45, 2.75) is 65.8 Å². The zero-order valence-electron chi connectivity index (χ0n) is 16.0. The highest BCUT2D eigenvalue weighted by Crippen LogP contribution is 2.37. The van der Waals surface area contributed by atoms with E-state index in [1.165, 1.54) is 4.90 Å². The maximum Gasteiger partial charge on any atom is 0.243 e. The standard InChI is InChI=1S/C20H32N2O3/c1-13(2)8-7-11-21-18(23)17(12-14(3)4)22-19(24)15-9-5-6-10-16(15)20(22)25/h5-6,13-17H,7-12H2,1-4H3,(H,21,23)/t15-,16-,17-/m0/s1. The number of nitrogens with one attached hydrogen (secondary N) is 1. The Morgan fingerprint density at radius 2 is 1.64 bits per heavy atom. The van der Waals surface area contributed by atoms with Gasteiger partial charge in [0.2, 0.25) is 17.7 Å². The zero-order valence-corrected chi connectivity index (χ0v) is 16.0. The van der Waals surface area contributed by atoms with E-state index in [4.69, 9.17) is 0 Å². The van der Waals surface area contributed by atoms with E-state index in [1.54, 1.807) is 0 Å². The van der Waals surface area contributed by atoms with Crippen LogP contribution in [-0.2, 0) is 14.4 Å². The van der Waals surface area contributed by atoms with Gasteiger partial charge >= 0.3 is 0 Å². The molecule has 2 rings (SSSR count). The van der Waals surface area contributed by atoms with E-state index >= 15 is 0 Å². The molecule has 0 aromatic carbocycles. The van der Waals surface area contributed by atoms with Crippen molar-refractivity contribution in [2.24, 2.45) is 23.7 Å². The fourth-order valence-electron chi connectivity index (χ4n) is 3.75. The topological polar surface area (TPSA) is 66.5 Å². The first-order chi connectivity index (χ1) is 11.8. The number of carbonyl (C=O) groups excluding carboxylic acids is 3. The van der Waals surface area contributed by atoms with Crippen molar-refractivity contribution in [1.82, 2.24) is 10.2 Å². The van der Waals surface area contributed by atoms with Gasteiger partial charge in [0, 0.05) is 6.54 Å². The second-order valence-corrected chi connectivity index (χ2v) is 8.17. The monoisotopic (exact) mass is 348 g/mol. The van der Waals surface area contributed by atoms with Crippen molar-refractivity contribution < 1.29 is 14.4 Å². The van der Waals surface area contributed by atoms with Gasteiger partial charge < -0.3 is 5.32 Å². The SMILES string of the molecule is CC(C)CCCNC(=O)[C@H](CC(C)C)N1C(=O)[C@H]2CC=CC[C@@H]2C1=O. The first-order valence-electron chi connectivity index (χ1n) is 9.62. The quantitative estimate of drug-likeness (QED) is 0.417. The summed E-state index contributed by atoms with van der Waals surface area (Å²) in [6.07, 6.45) is 7.63. The maximum atomic E-state index is 12.8. The third kappa shape index (κ3) is 4.71. The summed E-state index contributed by atoms with van der Waals surface area (Å²) in [7, 11) is 0. The summed E-state index contributed by atoms with van der Waals surface area (Å²) in [5.74, 6) is -0.245. The Labute approximate surface area is 151 Å². The first kappa shape index (κ1) is 19.7. The van der Waals surface area contributed by atoms with Gasteiger partial charge in [0.25, 0.3) is 0 Å². The molecule has 25 heavy (non-hydrogen) atoms. The van der Waals surface area contributed by atoms with Crippen LogP contribution >= 0.6 is 0 Å². The predicted octanol–water partition coefficient (Wildman–Crippen LogP) is 2.90. The summed E-state index contributed by atoms with van der Waals surface area (Å²) >= 11 is 0. The normalized spacial score (nSPS) is 24.2. The Morgan fingerprint density at radius 3 is 2.12 bits per heavy atom. The molecule has 0 bridgehead atoms.